The van der Waals surface area contributed by atoms with Crippen LogP contribution in [0.15, 0.2) is 36.4 Å². The van der Waals surface area contributed by atoms with Crippen molar-refractivity contribution in [2.75, 3.05) is 0 Å². The zero-order chi connectivity index (χ0) is 17.9. The van der Waals surface area contributed by atoms with E-state index in [0.29, 0.717) is 0 Å². The highest BCUT2D eigenvalue weighted by Crippen LogP contribution is 2.47. The lowest BCUT2D eigenvalue weighted by Crippen LogP contribution is -2.14. The number of benzene rings is 2. The molecule has 0 unspecified atom stereocenters. The van der Waals surface area contributed by atoms with E-state index in [-0.39, 0.29) is 22.5 Å². The molecule has 0 spiro atoms. The van der Waals surface area contributed by atoms with E-state index in [1.807, 2.05) is 0 Å². The van der Waals surface area contributed by atoms with Crippen LogP contribution in [-0.2, 0) is 15.6 Å². The van der Waals surface area contributed by atoms with Crippen LogP contribution in [0.4, 0.5) is 0 Å². The number of Topliss-reactive ketones (excluding diaryl/α,β-unsaturated/α-hetero) is 1. The maximum absolute atomic E-state index is 12.5. The second-order valence-electron chi connectivity index (χ2n) is 9.15. The maximum atomic E-state index is 12.5. The van der Waals surface area contributed by atoms with E-state index >= 15 is 0 Å². The standard InChI is InChI=1S/C23H28O/c1-14(24)21-19-12-15(22(2,3)4)8-10-17(19)18-11-9-16(13-20(18)21)23(5,6)7/h8-13,21H,1-7H3. The first kappa shape index (κ1) is 17.0. The molecule has 2 aromatic carbocycles. The molecular formula is C23H28O. The van der Waals surface area contributed by atoms with Crippen LogP contribution in [0.1, 0.15) is 76.6 Å². The smallest absolute Gasteiger partial charge is 0.141 e. The van der Waals surface area contributed by atoms with Crippen molar-refractivity contribution in [3.8, 4) is 11.1 Å². The highest BCUT2D eigenvalue weighted by atomic mass is 16.1. The van der Waals surface area contributed by atoms with E-state index < -0.39 is 0 Å². The van der Waals surface area contributed by atoms with Gasteiger partial charge < -0.3 is 0 Å². The summed E-state index contributed by atoms with van der Waals surface area (Å²) in [6, 6.07) is 13.3. The number of hydrogen-bond acceptors (Lipinski definition) is 1. The van der Waals surface area contributed by atoms with Gasteiger partial charge in [0.2, 0.25) is 0 Å². The van der Waals surface area contributed by atoms with Crippen LogP contribution in [0.25, 0.3) is 11.1 Å². The van der Waals surface area contributed by atoms with Crippen LogP contribution in [-0.4, -0.2) is 5.78 Å². The van der Waals surface area contributed by atoms with Gasteiger partial charge in [0.1, 0.15) is 5.78 Å². The number of hydrogen-bond donors (Lipinski definition) is 0. The average molecular weight is 320 g/mol. The molecule has 2 aromatic rings. The van der Waals surface area contributed by atoms with Crippen LogP contribution in [0, 0.1) is 0 Å². The number of rotatable bonds is 1. The van der Waals surface area contributed by atoms with E-state index in [0.717, 1.165) is 0 Å². The zero-order valence-electron chi connectivity index (χ0n) is 15.9. The fourth-order valence-electron chi connectivity index (χ4n) is 3.63. The predicted molar refractivity (Wildman–Crippen MR) is 102 cm³/mol. The van der Waals surface area contributed by atoms with Crippen molar-refractivity contribution in [1.82, 2.24) is 0 Å². The van der Waals surface area contributed by atoms with Crippen molar-refractivity contribution in [3.05, 3.63) is 58.7 Å². The molecule has 1 nitrogen and oxygen atoms in total. The Bertz CT molecular complexity index is 749. The van der Waals surface area contributed by atoms with Gasteiger partial charge in [-0.3, -0.25) is 4.79 Å². The van der Waals surface area contributed by atoms with Crippen molar-refractivity contribution < 1.29 is 4.79 Å². The van der Waals surface area contributed by atoms with Gasteiger partial charge >= 0.3 is 0 Å². The summed E-state index contributed by atoms with van der Waals surface area (Å²) in [4.78, 5) is 12.5. The summed E-state index contributed by atoms with van der Waals surface area (Å²) in [5, 5.41) is 0. The third-order valence-corrected chi connectivity index (χ3v) is 5.15. The molecule has 0 amide bonds. The molecule has 0 bridgehead atoms. The Labute approximate surface area is 146 Å². The van der Waals surface area contributed by atoms with Crippen LogP contribution in [0.3, 0.4) is 0 Å². The average Bonchev–Trinajstić information content (AvgIpc) is 2.78. The lowest BCUT2D eigenvalue weighted by atomic mass is 9.82. The minimum Gasteiger partial charge on any atom is -0.299 e. The molecule has 1 aliphatic rings. The summed E-state index contributed by atoms with van der Waals surface area (Å²) in [5.41, 5.74) is 7.54. The van der Waals surface area contributed by atoms with Gasteiger partial charge in [-0.25, -0.2) is 0 Å². The second kappa shape index (κ2) is 5.31. The lowest BCUT2D eigenvalue weighted by molar-refractivity contribution is -0.117. The molecule has 0 atom stereocenters. The second-order valence-corrected chi connectivity index (χ2v) is 9.15. The molecule has 0 aromatic heterocycles. The van der Waals surface area contributed by atoms with Gasteiger partial charge in [-0.1, -0.05) is 77.9 Å². The minimum absolute atomic E-state index is 0.0850. The SMILES string of the molecule is CC(=O)C1c2cc(C(C)(C)C)ccc2-c2ccc(C(C)(C)C)cc21. The first-order valence-corrected chi connectivity index (χ1v) is 8.80. The minimum atomic E-state index is -0.125. The molecule has 126 valence electrons. The third-order valence-electron chi connectivity index (χ3n) is 5.15. The van der Waals surface area contributed by atoms with E-state index in [1.165, 1.54) is 33.4 Å². The fourth-order valence-corrected chi connectivity index (χ4v) is 3.63. The fraction of sp³-hybridized carbons (Fsp3) is 0.435. The number of carbonyl (C=O) groups excluding carboxylic acids is 1. The van der Waals surface area contributed by atoms with E-state index in [1.54, 1.807) is 6.92 Å². The molecule has 0 N–H and O–H groups in total. The third kappa shape index (κ3) is 2.70. The normalized spacial score (nSPS) is 14.5. The van der Waals surface area contributed by atoms with Gasteiger partial charge in [-0.2, -0.15) is 0 Å². The van der Waals surface area contributed by atoms with E-state index in [9.17, 15) is 4.79 Å². The van der Waals surface area contributed by atoms with E-state index in [4.69, 9.17) is 0 Å². The van der Waals surface area contributed by atoms with Gasteiger partial charge in [0.15, 0.2) is 0 Å². The number of ketones is 1. The topological polar surface area (TPSA) is 17.1 Å². The van der Waals surface area contributed by atoms with Crippen molar-refractivity contribution >= 4 is 5.78 Å². The molecule has 0 aliphatic heterocycles. The Morgan fingerprint density at radius 2 is 1.12 bits per heavy atom. The first-order valence-electron chi connectivity index (χ1n) is 8.80. The maximum Gasteiger partial charge on any atom is 0.141 e. The Balaban J connectivity index is 2.23. The summed E-state index contributed by atoms with van der Waals surface area (Å²) >= 11 is 0. The molecule has 0 heterocycles. The molecule has 3 rings (SSSR count). The summed E-state index contributed by atoms with van der Waals surface area (Å²) in [6.45, 7) is 15.0. The van der Waals surface area contributed by atoms with Crippen molar-refractivity contribution in [1.29, 1.82) is 0 Å². The molecule has 0 saturated carbocycles. The van der Waals surface area contributed by atoms with Gasteiger partial charge in [0.05, 0.1) is 5.92 Å². The monoisotopic (exact) mass is 320 g/mol. The first-order chi connectivity index (χ1) is 11.0. The Morgan fingerprint density at radius 1 is 0.750 bits per heavy atom. The summed E-state index contributed by atoms with van der Waals surface area (Å²) < 4.78 is 0. The van der Waals surface area contributed by atoms with Crippen LogP contribution >= 0.6 is 0 Å². The lowest BCUT2D eigenvalue weighted by Gasteiger charge is -2.21. The van der Waals surface area contributed by atoms with Crippen LogP contribution in [0.5, 0.6) is 0 Å². The summed E-state index contributed by atoms with van der Waals surface area (Å²) in [5.74, 6) is 0.103. The predicted octanol–water partition coefficient (Wildman–Crippen LogP) is 5.98. The van der Waals surface area contributed by atoms with Crippen LogP contribution in [0.2, 0.25) is 0 Å². The molecule has 0 saturated heterocycles. The van der Waals surface area contributed by atoms with Crippen molar-refractivity contribution in [2.45, 2.75) is 65.2 Å². The summed E-state index contributed by atoms with van der Waals surface area (Å²) in [6.07, 6.45) is 0. The van der Waals surface area contributed by atoms with Gasteiger partial charge in [-0.15, -0.1) is 0 Å². The van der Waals surface area contributed by atoms with E-state index in [2.05, 4.69) is 77.9 Å². The zero-order valence-corrected chi connectivity index (χ0v) is 15.9. The Hall–Kier alpha value is -1.89. The van der Waals surface area contributed by atoms with Gasteiger partial charge in [0.25, 0.3) is 0 Å². The van der Waals surface area contributed by atoms with Gasteiger partial charge in [0, 0.05) is 0 Å². The van der Waals surface area contributed by atoms with Gasteiger partial charge in [-0.05, 0) is 51.1 Å². The number of fused-ring (bicyclic) bond motifs is 3. The molecule has 1 heteroatoms. The Morgan fingerprint density at radius 3 is 1.42 bits per heavy atom. The van der Waals surface area contributed by atoms with Crippen LogP contribution < -0.4 is 0 Å². The van der Waals surface area contributed by atoms with Crippen molar-refractivity contribution in [2.24, 2.45) is 0 Å². The summed E-state index contributed by atoms with van der Waals surface area (Å²) in [7, 11) is 0. The molecule has 0 radical (unpaired) electrons. The van der Waals surface area contributed by atoms with Crippen molar-refractivity contribution in [3.63, 3.8) is 0 Å². The molecule has 0 fully saturated rings. The Kier molecular flexibility index (Phi) is 3.75. The molecular weight excluding hydrogens is 292 g/mol. The molecule has 24 heavy (non-hydrogen) atoms. The number of carbonyl (C=O) groups is 1. The highest BCUT2D eigenvalue weighted by molar-refractivity contribution is 5.96. The quantitative estimate of drug-likeness (QED) is 0.631. The highest BCUT2D eigenvalue weighted by Gasteiger charge is 2.33. The molecule has 1 aliphatic carbocycles. The largest absolute Gasteiger partial charge is 0.299 e.